The lowest BCUT2D eigenvalue weighted by Gasteiger charge is -2.31. The third kappa shape index (κ3) is 3.09. The fourth-order valence-electron chi connectivity index (χ4n) is 3.25. The molecular weight excluding hydrogens is 286 g/mol. The van der Waals surface area contributed by atoms with Gasteiger partial charge in [0, 0.05) is 6.04 Å². The van der Waals surface area contributed by atoms with Crippen molar-refractivity contribution in [1.82, 2.24) is 5.32 Å². The number of hydrogen-bond donors (Lipinski definition) is 1. The Morgan fingerprint density at radius 1 is 1.38 bits per heavy atom. The highest BCUT2D eigenvalue weighted by atomic mass is 32.2. The molecule has 0 aromatic heterocycles. The summed E-state index contributed by atoms with van der Waals surface area (Å²) in [5.41, 5.74) is -0.00733. The fraction of sp³-hybridized carbons (Fsp3) is 0.625. The molecule has 1 aromatic rings. The zero-order valence-corrected chi connectivity index (χ0v) is 14.0. The van der Waals surface area contributed by atoms with Gasteiger partial charge in [0.1, 0.15) is 5.75 Å². The molecule has 1 N–H and O–H groups in total. The molecule has 0 amide bonds. The molecule has 4 nitrogen and oxygen atoms in total. The highest BCUT2D eigenvalue weighted by molar-refractivity contribution is 7.92. The van der Waals surface area contributed by atoms with E-state index in [-0.39, 0.29) is 16.7 Å². The number of methoxy groups -OCH3 is 1. The van der Waals surface area contributed by atoms with Crippen molar-refractivity contribution in [3.05, 3.63) is 24.3 Å². The van der Waals surface area contributed by atoms with E-state index >= 15 is 0 Å². The van der Waals surface area contributed by atoms with Crippen molar-refractivity contribution in [2.75, 3.05) is 13.7 Å². The molecule has 1 aromatic carbocycles. The largest absolute Gasteiger partial charge is 0.497 e. The Morgan fingerprint density at radius 2 is 2.10 bits per heavy atom. The molecule has 2 rings (SSSR count). The van der Waals surface area contributed by atoms with Gasteiger partial charge in [-0.2, -0.15) is 0 Å². The van der Waals surface area contributed by atoms with Gasteiger partial charge in [0.15, 0.2) is 9.84 Å². The van der Waals surface area contributed by atoms with Gasteiger partial charge >= 0.3 is 0 Å². The second-order valence-corrected chi connectivity index (χ2v) is 8.49. The highest BCUT2D eigenvalue weighted by Crippen LogP contribution is 2.42. The van der Waals surface area contributed by atoms with Crippen LogP contribution in [0.15, 0.2) is 29.2 Å². The van der Waals surface area contributed by atoms with Gasteiger partial charge in [0.25, 0.3) is 0 Å². The van der Waals surface area contributed by atoms with E-state index in [0.717, 1.165) is 13.0 Å². The lowest BCUT2D eigenvalue weighted by Crippen LogP contribution is -2.47. The van der Waals surface area contributed by atoms with Crippen LogP contribution >= 0.6 is 0 Å². The summed E-state index contributed by atoms with van der Waals surface area (Å²) in [5.74, 6) is 0.577. The van der Waals surface area contributed by atoms with E-state index in [0.29, 0.717) is 17.1 Å². The van der Waals surface area contributed by atoms with Crippen LogP contribution in [0.4, 0.5) is 0 Å². The molecule has 118 valence electrons. The molecule has 21 heavy (non-hydrogen) atoms. The predicted octanol–water partition coefficient (Wildman–Crippen LogP) is 2.64. The topological polar surface area (TPSA) is 55.4 Å². The lowest BCUT2D eigenvalue weighted by molar-refractivity contribution is 0.288. The van der Waals surface area contributed by atoms with Crippen LogP contribution in [0, 0.1) is 5.41 Å². The zero-order chi connectivity index (χ0) is 15.7. The molecule has 1 aliphatic rings. The zero-order valence-electron chi connectivity index (χ0n) is 13.2. The molecule has 0 aliphatic heterocycles. The second-order valence-electron chi connectivity index (χ2n) is 6.33. The average Bonchev–Trinajstić information content (AvgIpc) is 2.75. The summed E-state index contributed by atoms with van der Waals surface area (Å²) in [6, 6.07) is 6.75. The average molecular weight is 311 g/mol. The minimum Gasteiger partial charge on any atom is -0.497 e. The molecule has 1 aliphatic carbocycles. The van der Waals surface area contributed by atoms with Gasteiger partial charge < -0.3 is 10.1 Å². The van der Waals surface area contributed by atoms with Crippen LogP contribution in [-0.4, -0.2) is 33.4 Å². The van der Waals surface area contributed by atoms with Crippen LogP contribution in [0.3, 0.4) is 0 Å². The number of rotatable bonds is 5. The van der Waals surface area contributed by atoms with Gasteiger partial charge in [-0.15, -0.1) is 0 Å². The molecule has 0 radical (unpaired) electrons. The molecule has 0 heterocycles. The van der Waals surface area contributed by atoms with Crippen LogP contribution in [-0.2, 0) is 9.84 Å². The fourth-order valence-corrected chi connectivity index (χ4v) is 5.40. The van der Waals surface area contributed by atoms with E-state index in [1.54, 1.807) is 31.4 Å². The van der Waals surface area contributed by atoms with Crippen molar-refractivity contribution in [1.29, 1.82) is 0 Å². The standard InChI is InChI=1S/C16H25NO3S/c1-5-17-15-14(9-10-16(15,2)3)21(18,19)13-8-6-7-12(11-13)20-4/h6-8,11,14-15,17H,5,9-10H2,1-4H3. The van der Waals surface area contributed by atoms with Gasteiger partial charge in [0.2, 0.25) is 0 Å². The Bertz CT molecular complexity index is 595. The van der Waals surface area contributed by atoms with Crippen molar-refractivity contribution >= 4 is 9.84 Å². The molecule has 1 fully saturated rings. The normalized spacial score (nSPS) is 25.0. The number of sulfone groups is 1. The summed E-state index contributed by atoms with van der Waals surface area (Å²) in [5, 5.41) is 3.00. The Labute approximate surface area is 127 Å². The van der Waals surface area contributed by atoms with E-state index in [1.807, 2.05) is 6.92 Å². The highest BCUT2D eigenvalue weighted by Gasteiger charge is 2.47. The Morgan fingerprint density at radius 3 is 2.71 bits per heavy atom. The van der Waals surface area contributed by atoms with Crippen molar-refractivity contribution in [2.24, 2.45) is 5.41 Å². The Kier molecular flexibility index (Phi) is 4.63. The molecule has 1 saturated carbocycles. The SMILES string of the molecule is CCNC1C(S(=O)(=O)c2cccc(OC)c2)CCC1(C)C. The lowest BCUT2D eigenvalue weighted by atomic mass is 9.87. The molecular formula is C16H25NO3S. The molecule has 0 saturated heterocycles. The first kappa shape index (κ1) is 16.3. The van der Waals surface area contributed by atoms with E-state index in [1.165, 1.54) is 0 Å². The number of benzene rings is 1. The summed E-state index contributed by atoms with van der Waals surface area (Å²) in [6.07, 6.45) is 1.61. The van der Waals surface area contributed by atoms with Crippen LogP contribution in [0.1, 0.15) is 33.6 Å². The quantitative estimate of drug-likeness (QED) is 0.908. The smallest absolute Gasteiger partial charge is 0.182 e. The van der Waals surface area contributed by atoms with Gasteiger partial charge in [-0.3, -0.25) is 0 Å². The minimum absolute atomic E-state index is 0.00733. The first-order chi connectivity index (χ1) is 9.82. The molecule has 0 bridgehead atoms. The summed E-state index contributed by atoms with van der Waals surface area (Å²) in [6.45, 7) is 7.07. The molecule has 2 atom stereocenters. The molecule has 5 heteroatoms. The van der Waals surface area contributed by atoms with Gasteiger partial charge in [0.05, 0.1) is 17.3 Å². The molecule has 0 spiro atoms. The van der Waals surface area contributed by atoms with E-state index in [4.69, 9.17) is 4.74 Å². The Balaban J connectivity index is 2.38. The van der Waals surface area contributed by atoms with Crippen molar-refractivity contribution < 1.29 is 13.2 Å². The van der Waals surface area contributed by atoms with Gasteiger partial charge in [-0.25, -0.2) is 8.42 Å². The van der Waals surface area contributed by atoms with E-state index < -0.39 is 9.84 Å². The van der Waals surface area contributed by atoms with Crippen LogP contribution in [0.25, 0.3) is 0 Å². The maximum Gasteiger partial charge on any atom is 0.182 e. The number of ether oxygens (including phenoxy) is 1. The summed E-state index contributed by atoms with van der Waals surface area (Å²) in [7, 11) is -1.81. The van der Waals surface area contributed by atoms with E-state index in [9.17, 15) is 8.42 Å². The second kappa shape index (κ2) is 5.97. The summed E-state index contributed by atoms with van der Waals surface area (Å²) in [4.78, 5) is 0.354. The van der Waals surface area contributed by atoms with Crippen LogP contribution in [0.2, 0.25) is 0 Å². The van der Waals surface area contributed by atoms with Gasteiger partial charge in [-0.05, 0) is 43.0 Å². The van der Waals surface area contributed by atoms with E-state index in [2.05, 4.69) is 19.2 Å². The third-order valence-corrected chi connectivity index (χ3v) is 6.70. The number of nitrogens with one attached hydrogen (secondary N) is 1. The van der Waals surface area contributed by atoms with Crippen LogP contribution < -0.4 is 10.1 Å². The third-order valence-electron chi connectivity index (χ3n) is 4.48. The first-order valence-corrected chi connectivity index (χ1v) is 8.99. The Hall–Kier alpha value is -1.07. The molecule has 2 unspecified atom stereocenters. The first-order valence-electron chi connectivity index (χ1n) is 7.44. The van der Waals surface area contributed by atoms with Crippen molar-refractivity contribution in [3.8, 4) is 5.75 Å². The van der Waals surface area contributed by atoms with Crippen LogP contribution in [0.5, 0.6) is 5.75 Å². The van der Waals surface area contributed by atoms with Gasteiger partial charge in [-0.1, -0.05) is 26.8 Å². The van der Waals surface area contributed by atoms with Crippen molar-refractivity contribution in [2.45, 2.75) is 49.8 Å². The maximum absolute atomic E-state index is 13.0. The predicted molar refractivity (Wildman–Crippen MR) is 84.4 cm³/mol. The monoisotopic (exact) mass is 311 g/mol. The summed E-state index contributed by atoms with van der Waals surface area (Å²) < 4.78 is 31.1. The minimum atomic E-state index is -3.36. The number of hydrogen-bond acceptors (Lipinski definition) is 4. The van der Waals surface area contributed by atoms with Crippen molar-refractivity contribution in [3.63, 3.8) is 0 Å². The maximum atomic E-state index is 13.0. The summed E-state index contributed by atoms with van der Waals surface area (Å²) >= 11 is 0.